The zero-order chi connectivity index (χ0) is 15.5. The van der Waals surface area contributed by atoms with Gasteiger partial charge in [-0.1, -0.05) is 42.5 Å². The summed E-state index contributed by atoms with van der Waals surface area (Å²) in [5.41, 5.74) is 3.85. The molecule has 3 rings (SSSR count). The van der Waals surface area contributed by atoms with Crippen molar-refractivity contribution in [3.05, 3.63) is 89.5 Å². The van der Waals surface area contributed by atoms with Gasteiger partial charge in [0.1, 0.15) is 5.75 Å². The molecule has 22 heavy (non-hydrogen) atoms. The van der Waals surface area contributed by atoms with E-state index in [9.17, 15) is 9.90 Å². The molecular weight excluding hydrogens is 292 g/mol. The molecule has 0 amide bonds. The monoisotopic (exact) mass is 306 g/mol. The van der Waals surface area contributed by atoms with E-state index in [-0.39, 0.29) is 11.5 Å². The highest BCUT2D eigenvalue weighted by Gasteiger charge is 2.13. The summed E-state index contributed by atoms with van der Waals surface area (Å²) < 4.78 is 0. The van der Waals surface area contributed by atoms with Gasteiger partial charge in [0.25, 0.3) is 0 Å². The molecule has 2 aromatic rings. The average Bonchev–Trinajstić information content (AvgIpc) is 2.53. The van der Waals surface area contributed by atoms with Crippen LogP contribution >= 0.6 is 12.6 Å². The van der Waals surface area contributed by atoms with Gasteiger partial charge in [0.05, 0.1) is 0 Å². The van der Waals surface area contributed by atoms with Crippen LogP contribution in [0.25, 0.3) is 5.57 Å². The maximum absolute atomic E-state index is 11.4. The predicted octanol–water partition coefficient (Wildman–Crippen LogP) is 4.18. The summed E-state index contributed by atoms with van der Waals surface area (Å²) in [6.07, 6.45) is 6.73. The van der Waals surface area contributed by atoms with Gasteiger partial charge < -0.3 is 5.11 Å². The highest BCUT2D eigenvalue weighted by molar-refractivity contribution is 7.80. The third kappa shape index (κ3) is 2.90. The van der Waals surface area contributed by atoms with Crippen molar-refractivity contribution in [2.45, 2.75) is 4.90 Å². The minimum atomic E-state index is -0.0204. The van der Waals surface area contributed by atoms with Gasteiger partial charge in [-0.05, 0) is 52.6 Å². The highest BCUT2D eigenvalue weighted by atomic mass is 32.1. The van der Waals surface area contributed by atoms with Gasteiger partial charge in [-0.2, -0.15) is 0 Å². The van der Waals surface area contributed by atoms with E-state index >= 15 is 0 Å². The molecule has 1 aliphatic carbocycles. The van der Waals surface area contributed by atoms with Crippen molar-refractivity contribution in [1.82, 2.24) is 0 Å². The second-order valence-electron chi connectivity index (χ2n) is 4.96. The smallest absolute Gasteiger partial charge is 0.178 e. The Morgan fingerprint density at radius 3 is 2.14 bits per heavy atom. The fourth-order valence-electron chi connectivity index (χ4n) is 2.41. The Kier molecular flexibility index (Phi) is 3.98. The third-order valence-corrected chi connectivity index (χ3v) is 3.86. The second-order valence-corrected chi connectivity index (χ2v) is 5.45. The van der Waals surface area contributed by atoms with E-state index < -0.39 is 0 Å². The predicted molar refractivity (Wildman–Crippen MR) is 91.1 cm³/mol. The quantitative estimate of drug-likeness (QED) is 0.817. The van der Waals surface area contributed by atoms with Gasteiger partial charge in [-0.3, -0.25) is 4.79 Å². The van der Waals surface area contributed by atoms with E-state index in [0.717, 1.165) is 27.2 Å². The van der Waals surface area contributed by atoms with Gasteiger partial charge in [0.2, 0.25) is 0 Å². The molecule has 108 valence electrons. The summed E-state index contributed by atoms with van der Waals surface area (Å²) in [6, 6.07) is 14.8. The molecule has 0 heterocycles. The number of carbonyl (C=O) groups excluding carboxylic acids is 1. The molecule has 2 aromatic carbocycles. The molecule has 0 saturated heterocycles. The number of benzene rings is 2. The molecule has 0 atom stereocenters. The number of rotatable bonds is 2. The van der Waals surface area contributed by atoms with Crippen LogP contribution in [0.4, 0.5) is 0 Å². The standard InChI is InChI=1S/C19H14O2S/c20-15-9-5-13(6-10-15)19(14-7-11-16(21)12-8-14)17-3-1-2-4-18(17)22/h1-12,20,22H. The minimum Gasteiger partial charge on any atom is -0.508 e. The molecule has 2 nitrogen and oxygen atoms in total. The van der Waals surface area contributed by atoms with Crippen molar-refractivity contribution in [2.24, 2.45) is 0 Å². The average molecular weight is 306 g/mol. The van der Waals surface area contributed by atoms with E-state index in [4.69, 9.17) is 0 Å². The number of phenolic OH excluding ortho intramolecular Hbond substituents is 1. The van der Waals surface area contributed by atoms with E-state index in [0.29, 0.717) is 0 Å². The third-order valence-electron chi connectivity index (χ3n) is 3.47. The molecule has 0 bridgehead atoms. The summed E-state index contributed by atoms with van der Waals surface area (Å²) >= 11 is 4.55. The van der Waals surface area contributed by atoms with Crippen molar-refractivity contribution < 1.29 is 9.90 Å². The normalized spacial score (nSPS) is 13.5. The van der Waals surface area contributed by atoms with Crippen LogP contribution in [0, 0.1) is 0 Å². The van der Waals surface area contributed by atoms with Crippen molar-refractivity contribution in [1.29, 1.82) is 0 Å². The number of carbonyl (C=O) groups is 1. The molecular formula is C19H14O2S. The van der Waals surface area contributed by atoms with Crippen molar-refractivity contribution in [3.63, 3.8) is 0 Å². The first-order valence-corrected chi connectivity index (χ1v) is 7.32. The molecule has 1 N–H and O–H groups in total. The number of thiol groups is 1. The molecule has 3 heteroatoms. The molecule has 0 aliphatic heterocycles. The summed E-state index contributed by atoms with van der Waals surface area (Å²) in [6.45, 7) is 0. The minimum absolute atomic E-state index is 0.0204. The maximum atomic E-state index is 11.4. The molecule has 0 fully saturated rings. The van der Waals surface area contributed by atoms with Crippen LogP contribution < -0.4 is 0 Å². The maximum Gasteiger partial charge on any atom is 0.178 e. The molecule has 0 unspecified atom stereocenters. The number of aromatic hydroxyl groups is 1. The van der Waals surface area contributed by atoms with Crippen LogP contribution in [0.3, 0.4) is 0 Å². The first-order chi connectivity index (χ1) is 10.6. The van der Waals surface area contributed by atoms with Gasteiger partial charge in [0, 0.05) is 4.90 Å². The lowest BCUT2D eigenvalue weighted by atomic mass is 9.91. The zero-order valence-electron chi connectivity index (χ0n) is 11.7. The zero-order valence-corrected chi connectivity index (χ0v) is 12.6. The Morgan fingerprint density at radius 2 is 1.50 bits per heavy atom. The van der Waals surface area contributed by atoms with E-state index in [1.807, 2.05) is 48.6 Å². The van der Waals surface area contributed by atoms with Gasteiger partial charge in [-0.15, -0.1) is 12.6 Å². The SMILES string of the molecule is O=C1C=CC(=C(c2ccc(O)cc2)c2ccccc2S)C=C1. The Hall–Kier alpha value is -2.52. The van der Waals surface area contributed by atoms with Gasteiger partial charge in [-0.25, -0.2) is 0 Å². The van der Waals surface area contributed by atoms with Crippen LogP contribution in [-0.2, 0) is 4.79 Å². The van der Waals surface area contributed by atoms with Crippen LogP contribution in [-0.4, -0.2) is 10.9 Å². The van der Waals surface area contributed by atoms with E-state index in [1.165, 1.54) is 0 Å². The van der Waals surface area contributed by atoms with Gasteiger partial charge in [0.15, 0.2) is 5.78 Å². The Labute approximate surface area is 134 Å². The van der Waals surface area contributed by atoms with Crippen molar-refractivity contribution in [2.75, 3.05) is 0 Å². The van der Waals surface area contributed by atoms with Crippen molar-refractivity contribution >= 4 is 24.0 Å². The number of hydrogen-bond acceptors (Lipinski definition) is 3. The molecule has 0 aromatic heterocycles. The largest absolute Gasteiger partial charge is 0.508 e. The van der Waals surface area contributed by atoms with Crippen LogP contribution in [0.15, 0.2) is 83.3 Å². The lowest BCUT2D eigenvalue weighted by Crippen LogP contribution is -1.98. The molecule has 1 aliphatic rings. The summed E-state index contributed by atoms with van der Waals surface area (Å²) in [4.78, 5) is 12.2. The van der Waals surface area contributed by atoms with Crippen molar-refractivity contribution in [3.8, 4) is 5.75 Å². The number of ketones is 1. The number of allylic oxidation sites excluding steroid dienone is 5. The Balaban J connectivity index is 2.24. The van der Waals surface area contributed by atoms with Crippen LogP contribution in [0.5, 0.6) is 5.75 Å². The van der Waals surface area contributed by atoms with Gasteiger partial charge >= 0.3 is 0 Å². The summed E-state index contributed by atoms with van der Waals surface area (Å²) in [5, 5.41) is 9.50. The molecule has 0 saturated carbocycles. The number of phenols is 1. The number of hydrogen-bond donors (Lipinski definition) is 2. The van der Waals surface area contributed by atoms with Crippen LogP contribution in [0.1, 0.15) is 11.1 Å². The van der Waals surface area contributed by atoms with Crippen LogP contribution in [0.2, 0.25) is 0 Å². The van der Waals surface area contributed by atoms with E-state index in [2.05, 4.69) is 12.6 Å². The first-order valence-electron chi connectivity index (χ1n) is 6.87. The first kappa shape index (κ1) is 14.4. The molecule has 0 spiro atoms. The highest BCUT2D eigenvalue weighted by Crippen LogP contribution is 2.33. The summed E-state index contributed by atoms with van der Waals surface area (Å²) in [5.74, 6) is 0.199. The fraction of sp³-hybridized carbons (Fsp3) is 0. The Morgan fingerprint density at radius 1 is 0.864 bits per heavy atom. The lowest BCUT2D eigenvalue weighted by Gasteiger charge is -2.15. The second kappa shape index (κ2) is 6.08. The fourth-order valence-corrected chi connectivity index (χ4v) is 2.68. The lowest BCUT2D eigenvalue weighted by molar-refractivity contribution is -0.110. The molecule has 0 radical (unpaired) electrons. The Bertz CT molecular complexity index is 794. The topological polar surface area (TPSA) is 37.3 Å². The van der Waals surface area contributed by atoms with E-state index in [1.54, 1.807) is 24.3 Å². The summed E-state index contributed by atoms with van der Waals surface area (Å²) in [7, 11) is 0.